The van der Waals surface area contributed by atoms with Crippen LogP contribution in [0.5, 0.6) is 0 Å². The Bertz CT molecular complexity index is 930. The molecule has 0 unspecified atom stereocenters. The topological polar surface area (TPSA) is 87.2 Å². The van der Waals surface area contributed by atoms with Gasteiger partial charge in [0.05, 0.1) is 17.3 Å². The van der Waals surface area contributed by atoms with Crippen molar-refractivity contribution >= 4 is 22.8 Å². The van der Waals surface area contributed by atoms with Crippen molar-refractivity contribution in [3.63, 3.8) is 0 Å². The molecule has 0 amide bonds. The second-order valence-electron chi connectivity index (χ2n) is 4.50. The molecule has 0 radical (unpaired) electrons. The van der Waals surface area contributed by atoms with Crippen LogP contribution in [-0.4, -0.2) is 40.0 Å². The Morgan fingerprint density at radius 1 is 1.09 bits per heavy atom. The molecule has 0 fully saturated rings. The summed E-state index contributed by atoms with van der Waals surface area (Å²) in [5, 5.41) is 18.4. The molecule has 8 nitrogen and oxygen atoms in total. The van der Waals surface area contributed by atoms with Crippen LogP contribution in [0.15, 0.2) is 53.0 Å². The molecule has 108 valence electrons. The van der Waals surface area contributed by atoms with E-state index in [1.54, 1.807) is 15.6 Å². The standard InChI is InChI=1S/C13H10N8S/c1-20-11-10(7-16-20)12(15-8-14-11)22-13-17-18-19-21(13)9-5-3-2-4-6-9/h2-8H,1H3. The lowest BCUT2D eigenvalue weighted by Crippen LogP contribution is -1.99. The van der Waals surface area contributed by atoms with Gasteiger partial charge >= 0.3 is 0 Å². The lowest BCUT2D eigenvalue weighted by Gasteiger charge is -2.03. The predicted octanol–water partition coefficient (Wildman–Crippen LogP) is 1.49. The molecule has 0 aliphatic carbocycles. The van der Waals surface area contributed by atoms with E-state index in [1.165, 1.54) is 18.1 Å². The van der Waals surface area contributed by atoms with Crippen LogP contribution in [0.4, 0.5) is 0 Å². The van der Waals surface area contributed by atoms with Crippen molar-refractivity contribution in [2.75, 3.05) is 0 Å². The number of tetrazole rings is 1. The molecule has 0 saturated heterocycles. The molecular weight excluding hydrogens is 300 g/mol. The Hall–Kier alpha value is -2.81. The van der Waals surface area contributed by atoms with Crippen LogP contribution in [0.3, 0.4) is 0 Å². The highest BCUT2D eigenvalue weighted by Crippen LogP contribution is 2.29. The number of para-hydroxylation sites is 1. The van der Waals surface area contributed by atoms with Crippen LogP contribution < -0.4 is 0 Å². The first kappa shape index (κ1) is 12.9. The molecule has 0 saturated carbocycles. The van der Waals surface area contributed by atoms with E-state index in [0.717, 1.165) is 21.7 Å². The molecule has 9 heteroatoms. The molecule has 4 rings (SSSR count). The van der Waals surface area contributed by atoms with Gasteiger partial charge in [-0.15, -0.1) is 5.10 Å². The van der Waals surface area contributed by atoms with Gasteiger partial charge in [0, 0.05) is 7.05 Å². The van der Waals surface area contributed by atoms with Gasteiger partial charge in [-0.05, 0) is 34.3 Å². The summed E-state index contributed by atoms with van der Waals surface area (Å²) >= 11 is 1.38. The summed E-state index contributed by atoms with van der Waals surface area (Å²) in [5.74, 6) is 0. The third-order valence-corrected chi connectivity index (χ3v) is 4.08. The lowest BCUT2D eigenvalue weighted by atomic mass is 10.3. The smallest absolute Gasteiger partial charge is 0.220 e. The summed E-state index contributed by atoms with van der Waals surface area (Å²) < 4.78 is 3.39. The number of hydrogen-bond donors (Lipinski definition) is 0. The van der Waals surface area contributed by atoms with E-state index in [9.17, 15) is 0 Å². The zero-order chi connectivity index (χ0) is 14.9. The second-order valence-corrected chi connectivity index (χ2v) is 5.45. The fourth-order valence-electron chi connectivity index (χ4n) is 2.08. The zero-order valence-corrected chi connectivity index (χ0v) is 12.3. The Balaban J connectivity index is 1.77. The van der Waals surface area contributed by atoms with Gasteiger partial charge in [0.1, 0.15) is 11.4 Å². The number of hydrogen-bond acceptors (Lipinski definition) is 7. The van der Waals surface area contributed by atoms with Crippen LogP contribution >= 0.6 is 11.8 Å². The van der Waals surface area contributed by atoms with Crippen LogP contribution in [0.2, 0.25) is 0 Å². The maximum Gasteiger partial charge on any atom is 0.220 e. The van der Waals surface area contributed by atoms with Crippen LogP contribution in [-0.2, 0) is 7.05 Å². The van der Waals surface area contributed by atoms with E-state index >= 15 is 0 Å². The van der Waals surface area contributed by atoms with Gasteiger partial charge in [-0.1, -0.05) is 18.2 Å². The van der Waals surface area contributed by atoms with Crippen LogP contribution in [0.1, 0.15) is 0 Å². The third kappa shape index (κ3) is 2.11. The van der Waals surface area contributed by atoms with Gasteiger partial charge in [0.25, 0.3) is 0 Å². The minimum atomic E-state index is 0.634. The Morgan fingerprint density at radius 3 is 2.82 bits per heavy atom. The van der Waals surface area contributed by atoms with E-state index in [1.807, 2.05) is 37.4 Å². The first-order chi connectivity index (χ1) is 10.8. The monoisotopic (exact) mass is 310 g/mol. The zero-order valence-electron chi connectivity index (χ0n) is 11.5. The van der Waals surface area contributed by atoms with Crippen molar-refractivity contribution < 1.29 is 0 Å². The van der Waals surface area contributed by atoms with Crippen molar-refractivity contribution in [3.8, 4) is 5.69 Å². The highest BCUT2D eigenvalue weighted by molar-refractivity contribution is 7.99. The summed E-state index contributed by atoms with van der Waals surface area (Å²) in [5.41, 5.74) is 1.67. The molecule has 0 N–H and O–H groups in total. The number of fused-ring (bicyclic) bond motifs is 1. The lowest BCUT2D eigenvalue weighted by molar-refractivity contribution is 0.756. The first-order valence-electron chi connectivity index (χ1n) is 6.47. The predicted molar refractivity (Wildman–Crippen MR) is 79.6 cm³/mol. The molecule has 4 aromatic rings. The van der Waals surface area contributed by atoms with E-state index in [4.69, 9.17) is 0 Å². The van der Waals surface area contributed by atoms with Gasteiger partial charge in [-0.25, -0.2) is 9.97 Å². The van der Waals surface area contributed by atoms with Gasteiger partial charge in [-0.2, -0.15) is 9.78 Å². The average molecular weight is 310 g/mol. The highest BCUT2D eigenvalue weighted by Gasteiger charge is 2.14. The largest absolute Gasteiger partial charge is 0.250 e. The molecule has 0 spiro atoms. The highest BCUT2D eigenvalue weighted by atomic mass is 32.2. The van der Waals surface area contributed by atoms with Crippen LogP contribution in [0.25, 0.3) is 16.7 Å². The average Bonchev–Trinajstić information content (AvgIpc) is 3.16. The molecule has 0 aliphatic heterocycles. The van der Waals surface area contributed by atoms with Crippen molar-refractivity contribution in [1.82, 2.24) is 40.0 Å². The van der Waals surface area contributed by atoms with E-state index in [-0.39, 0.29) is 0 Å². The first-order valence-corrected chi connectivity index (χ1v) is 7.29. The van der Waals surface area contributed by atoms with E-state index in [0.29, 0.717) is 5.16 Å². The summed E-state index contributed by atoms with van der Waals surface area (Å²) in [7, 11) is 1.85. The molecule has 22 heavy (non-hydrogen) atoms. The molecule has 3 heterocycles. The Morgan fingerprint density at radius 2 is 1.95 bits per heavy atom. The maximum absolute atomic E-state index is 4.32. The SMILES string of the molecule is Cn1ncc2c(Sc3nnnn3-c3ccccc3)ncnc21. The molecule has 3 aromatic heterocycles. The number of aryl methyl sites for hydroxylation is 1. The van der Waals surface area contributed by atoms with Gasteiger partial charge in [0.15, 0.2) is 5.65 Å². The fraction of sp³-hybridized carbons (Fsp3) is 0.0769. The van der Waals surface area contributed by atoms with Crippen molar-refractivity contribution in [2.24, 2.45) is 7.05 Å². The van der Waals surface area contributed by atoms with E-state index < -0.39 is 0 Å². The van der Waals surface area contributed by atoms with Gasteiger partial charge in [0.2, 0.25) is 5.16 Å². The van der Waals surface area contributed by atoms with Gasteiger partial charge < -0.3 is 0 Å². The minimum Gasteiger partial charge on any atom is -0.250 e. The van der Waals surface area contributed by atoms with Crippen molar-refractivity contribution in [1.29, 1.82) is 0 Å². The maximum atomic E-state index is 4.32. The molecule has 1 aromatic carbocycles. The molecule has 0 bridgehead atoms. The number of benzene rings is 1. The quantitative estimate of drug-likeness (QED) is 0.530. The molecule has 0 aliphatic rings. The fourth-order valence-corrected chi connectivity index (χ4v) is 2.91. The Labute approximate surface area is 129 Å². The summed E-state index contributed by atoms with van der Waals surface area (Å²) in [6.45, 7) is 0. The third-order valence-electron chi connectivity index (χ3n) is 3.12. The van der Waals surface area contributed by atoms with Gasteiger partial charge in [-0.3, -0.25) is 4.68 Å². The minimum absolute atomic E-state index is 0.634. The van der Waals surface area contributed by atoms with Crippen molar-refractivity contribution in [2.45, 2.75) is 10.2 Å². The number of nitrogens with zero attached hydrogens (tertiary/aromatic N) is 8. The summed E-state index contributed by atoms with van der Waals surface area (Å²) in [6, 6.07) is 9.72. The van der Waals surface area contributed by atoms with Crippen molar-refractivity contribution in [3.05, 3.63) is 42.9 Å². The van der Waals surface area contributed by atoms with Crippen LogP contribution in [0, 0.1) is 0 Å². The number of rotatable bonds is 3. The van der Waals surface area contributed by atoms with E-state index in [2.05, 4.69) is 30.6 Å². The normalized spacial score (nSPS) is 11.1. The molecular formula is C13H10N8S. The summed E-state index contributed by atoms with van der Waals surface area (Å²) in [6.07, 6.45) is 3.26. The Kier molecular flexibility index (Phi) is 3.04. The number of aromatic nitrogens is 8. The molecule has 0 atom stereocenters. The summed E-state index contributed by atoms with van der Waals surface area (Å²) in [4.78, 5) is 8.55. The second kappa shape index (κ2) is 5.19.